The molecular formula is C70H97Cl2NO38. The minimum Gasteiger partial charge on any atom is -0.508 e. The number of halogens is 2. The van der Waals surface area contributed by atoms with Crippen LogP contribution in [0.2, 0.25) is 10.0 Å². The average Bonchev–Trinajstić information content (AvgIpc) is 1.55. The summed E-state index contributed by atoms with van der Waals surface area (Å²) in [4.78, 5) is 39.9. The third kappa shape index (κ3) is 15.5. The maximum Gasteiger partial charge on any atom is 0.342 e. The molecule has 8 N–H and O–H groups in total. The van der Waals surface area contributed by atoms with Crippen LogP contribution in [0.15, 0.2) is 12.1 Å². The van der Waals surface area contributed by atoms with E-state index < -0.39 is 248 Å². The number of phenolic OH excluding ortho intramolecular Hbond substituents is 3. The first-order valence-electron chi connectivity index (χ1n) is 36.3. The number of nitro groups is 1. The summed E-state index contributed by atoms with van der Waals surface area (Å²) in [6.07, 6.45) is -41.2. The van der Waals surface area contributed by atoms with E-state index in [1.165, 1.54) is 69.3 Å². The van der Waals surface area contributed by atoms with Crippen LogP contribution in [0.25, 0.3) is 0 Å². The van der Waals surface area contributed by atoms with Crippen LogP contribution in [0.5, 0.6) is 23.0 Å². The summed E-state index contributed by atoms with van der Waals surface area (Å²) in [5.41, 5.74) is -3.56. The summed E-state index contributed by atoms with van der Waals surface area (Å²) in [6, 6.07) is 2.28. The van der Waals surface area contributed by atoms with Gasteiger partial charge in [-0.2, -0.15) is 0 Å². The normalized spacial score (nSPS) is 45.6. The van der Waals surface area contributed by atoms with Crippen molar-refractivity contribution >= 4 is 35.1 Å². The summed E-state index contributed by atoms with van der Waals surface area (Å²) in [5, 5.41) is 104. The molecule has 11 aliphatic rings. The number of aromatic hydroxyl groups is 3. The molecule has 2 aromatic carbocycles. The molecule has 41 heteroatoms. The zero-order valence-corrected chi connectivity index (χ0v) is 64.5. The molecule has 0 saturated carbocycles. The lowest BCUT2D eigenvalue weighted by atomic mass is 9.85. The first-order chi connectivity index (χ1) is 52.6. The Morgan fingerprint density at radius 2 is 1.31 bits per heavy atom. The van der Waals surface area contributed by atoms with Crippen molar-refractivity contribution < 1.29 is 179 Å². The van der Waals surface area contributed by atoms with Gasteiger partial charge < -0.3 is 164 Å². The molecule has 0 bridgehead atoms. The van der Waals surface area contributed by atoms with E-state index in [9.17, 15) is 60.6 Å². The van der Waals surface area contributed by atoms with E-state index in [0.29, 0.717) is 0 Å². The molecule has 624 valence electrons. The number of fused-ring (bicyclic) bond motifs is 4. The molecule has 11 fully saturated rings. The highest BCUT2D eigenvalue weighted by atomic mass is 35.5. The Labute approximate surface area is 645 Å². The number of hydrogen-bond donors (Lipinski definition) is 8. The molecule has 0 aliphatic carbocycles. The Bertz CT molecular complexity index is 3630. The number of hydrogen-bond acceptors (Lipinski definition) is 38. The Morgan fingerprint density at radius 3 is 1.98 bits per heavy atom. The molecule has 0 aromatic heterocycles. The van der Waals surface area contributed by atoms with Crippen LogP contribution in [-0.2, 0) is 118 Å². The van der Waals surface area contributed by atoms with Crippen molar-refractivity contribution in [2.24, 2.45) is 0 Å². The van der Waals surface area contributed by atoms with Gasteiger partial charge in [0.2, 0.25) is 0 Å². The van der Waals surface area contributed by atoms with Gasteiger partial charge in [0, 0.05) is 52.8 Å². The van der Waals surface area contributed by atoms with Gasteiger partial charge in [-0.15, -0.1) is 0 Å². The van der Waals surface area contributed by atoms with Gasteiger partial charge in [0.25, 0.3) is 11.5 Å². The maximum atomic E-state index is 14.3. The summed E-state index contributed by atoms with van der Waals surface area (Å²) < 4.78 is 160. The topological polar surface area (TPSA) is 479 Å². The second-order valence-electron chi connectivity index (χ2n) is 29.9. The molecular weight excluding hydrogens is 1530 g/mol. The Kier molecular flexibility index (Phi) is 25.1. The van der Waals surface area contributed by atoms with E-state index in [2.05, 4.69) is 0 Å². The van der Waals surface area contributed by atoms with Crippen molar-refractivity contribution in [1.29, 1.82) is 0 Å². The highest BCUT2D eigenvalue weighted by molar-refractivity contribution is 6.39. The quantitative estimate of drug-likeness (QED) is 0.0495. The number of carbonyl (C=O) groups is 2. The predicted octanol–water partition coefficient (Wildman–Crippen LogP) is 1.26. The Hall–Kier alpha value is -4.56. The minimum absolute atomic E-state index is 0.0649. The first kappa shape index (κ1) is 84.4. The molecule has 11 aliphatic heterocycles. The van der Waals surface area contributed by atoms with E-state index in [4.69, 9.17) is 146 Å². The van der Waals surface area contributed by atoms with Crippen LogP contribution in [0.1, 0.15) is 99.6 Å². The predicted molar refractivity (Wildman–Crippen MR) is 363 cm³/mol. The number of aliphatic hydroxyl groups excluding tert-OH is 5. The van der Waals surface area contributed by atoms with E-state index in [1.807, 2.05) is 0 Å². The molecule has 0 unspecified atom stereocenters. The van der Waals surface area contributed by atoms with E-state index in [1.54, 1.807) is 34.6 Å². The maximum absolute atomic E-state index is 14.3. The van der Waals surface area contributed by atoms with Gasteiger partial charge >= 0.3 is 17.9 Å². The number of aryl methyl sites for hydroxylation is 1. The lowest BCUT2D eigenvalue weighted by Gasteiger charge is -2.50. The number of esters is 2. The number of carbonyl (C=O) groups excluding carboxylic acids is 2. The number of rotatable bonds is 21. The summed E-state index contributed by atoms with van der Waals surface area (Å²) >= 11 is 12.8. The second kappa shape index (κ2) is 33.1. The van der Waals surface area contributed by atoms with Gasteiger partial charge in [0.15, 0.2) is 73.7 Å². The number of aliphatic hydroxyl groups is 5. The number of benzene rings is 2. The van der Waals surface area contributed by atoms with Gasteiger partial charge in [-0.3, -0.25) is 10.1 Å². The zero-order valence-electron chi connectivity index (χ0n) is 63.0. The van der Waals surface area contributed by atoms with E-state index in [-0.39, 0.29) is 83.3 Å². The molecule has 11 heterocycles. The van der Waals surface area contributed by atoms with Gasteiger partial charge in [-0.25, -0.2) is 9.59 Å². The fraction of sp³-hybridized carbons (Fsp3) is 0.800. The van der Waals surface area contributed by atoms with Crippen LogP contribution >= 0.6 is 23.2 Å². The standard InChI is InChI=1S/C70H97Cl2NO38/c1-24-15-31(74)16-32(75)40(24)61(82)100-36-22-94-70(59-53(36)92-23-93-59)108-37-21-91-63(46(79)52(37)109-70)106-65-56(89-13)45(78)51(35(101-65)20-86-10)104-64-47(80)55(50(87-11)27(4)97-64)105-66-60-68(9,57(81)29(6)98-66)111-69(110-60)18-33(76)48(28(5)107-69)102-38-17-34(99-39-19-67(8,73(84)85)58(90-14)30(7)96-39)49(26(3)95-38)103-62(83)41-25(2)42(71)44(77)43(72)54(41)88-12/h15-16,26-30,33-39,45-53,55-60,63-66,74-81H,17-23H2,1-14H3/t26-,27-,28-,29-,30+,33-,34-,35-,36-,37+,38+,39+,45+,46-,47-,48-,49-,50+,51-,52-,53+,55-,56+,57-,58+,59-,60-,63+,64+,65+,66+,67+,68+,69+,70-/m1/s1. The molecule has 0 radical (unpaired) electrons. The first-order valence-corrected chi connectivity index (χ1v) is 37.1. The lowest BCUT2D eigenvalue weighted by Crippen LogP contribution is -2.67. The van der Waals surface area contributed by atoms with Crippen LogP contribution in [0, 0.1) is 24.0 Å². The smallest absolute Gasteiger partial charge is 0.342 e. The number of ether oxygens (including phenoxy) is 26. The average molecular weight is 1630 g/mol. The van der Waals surface area contributed by atoms with Gasteiger partial charge in [-0.05, 0) is 72.6 Å². The summed E-state index contributed by atoms with van der Waals surface area (Å²) in [6.45, 7) is 12.6. The fourth-order valence-corrected chi connectivity index (χ4v) is 17.5. The monoisotopic (exact) mass is 1630 g/mol. The van der Waals surface area contributed by atoms with Gasteiger partial charge in [0.1, 0.15) is 132 Å². The molecule has 111 heavy (non-hydrogen) atoms. The molecule has 2 aromatic rings. The fourth-order valence-electron chi connectivity index (χ4n) is 17.0. The second-order valence-corrected chi connectivity index (χ2v) is 30.6. The van der Waals surface area contributed by atoms with Crippen molar-refractivity contribution in [3.63, 3.8) is 0 Å². The third-order valence-corrected chi connectivity index (χ3v) is 23.3. The van der Waals surface area contributed by atoms with Crippen molar-refractivity contribution in [2.75, 3.05) is 62.2 Å². The van der Waals surface area contributed by atoms with Crippen molar-refractivity contribution in [3.8, 4) is 23.0 Å². The summed E-state index contributed by atoms with van der Waals surface area (Å²) in [7, 11) is 6.53. The minimum atomic E-state index is -2.14. The molecule has 13 rings (SSSR count). The van der Waals surface area contributed by atoms with Crippen LogP contribution < -0.4 is 4.74 Å². The van der Waals surface area contributed by atoms with Crippen molar-refractivity contribution in [2.45, 2.75) is 295 Å². The van der Waals surface area contributed by atoms with E-state index >= 15 is 0 Å². The number of methoxy groups -OCH3 is 5. The van der Waals surface area contributed by atoms with Crippen LogP contribution in [-0.4, -0.2) is 333 Å². The van der Waals surface area contributed by atoms with Crippen LogP contribution in [0.3, 0.4) is 0 Å². The molecule has 35 atom stereocenters. The zero-order chi connectivity index (χ0) is 80.2. The van der Waals surface area contributed by atoms with Gasteiger partial charge in [-0.1, -0.05) is 23.2 Å². The molecule has 39 nitrogen and oxygen atoms in total. The van der Waals surface area contributed by atoms with Crippen molar-refractivity contribution in [1.82, 2.24) is 0 Å². The molecule has 0 amide bonds. The third-order valence-electron chi connectivity index (χ3n) is 22.5. The van der Waals surface area contributed by atoms with E-state index in [0.717, 1.165) is 6.07 Å². The highest BCUT2D eigenvalue weighted by Gasteiger charge is 2.71. The van der Waals surface area contributed by atoms with Gasteiger partial charge in [0.05, 0.1) is 81.4 Å². The summed E-state index contributed by atoms with van der Waals surface area (Å²) in [5.74, 6) is -7.64. The molecule has 2 spiro atoms. The Morgan fingerprint density at radius 1 is 0.613 bits per heavy atom. The molecule has 11 saturated heterocycles. The SMILES string of the molecule is COC[C@H]1O[C@@H](O[C@@H]2OC[C@@H]3O[C@@]4(OC[C@@H](OC(=O)c5c(C)cc(O)cc5O)[C@@H]5OCO[C@H]54)O[C@H]3[C@H]2O)[C@@H](OC)[C@@H](O)[C@@H]1O[C@@H]1O[C@H](C)[C@H](OC)[C@H](O[C@@H]2O[C@H](C)[C@@H](O)[C@]3(C)O[C@]4(C[C@@H](O)[C@H](O[C@H]5C[C@@H](O[C@H]6C[C@](C)([N+](=O)[O-])[C@@H](OC)[C@H](C)O6)[C@H](OC(=O)c6c(C)c(Cl)c(O)c(Cl)c6OC)[C@@H](C)O5)[C@@H](C)O4)O[C@H]23)[C@H]1O. The number of phenols is 3. The lowest BCUT2D eigenvalue weighted by molar-refractivity contribution is -0.595. The Balaban J connectivity index is 0.662. The highest BCUT2D eigenvalue weighted by Crippen LogP contribution is 2.53. The number of nitrogens with zero attached hydrogens (tertiary/aromatic N) is 1. The largest absolute Gasteiger partial charge is 0.508 e. The van der Waals surface area contributed by atoms with Crippen molar-refractivity contribution in [3.05, 3.63) is 54.5 Å². The van der Waals surface area contributed by atoms with Crippen LogP contribution in [0.4, 0.5) is 0 Å².